The van der Waals surface area contributed by atoms with Crippen LogP contribution in [-0.4, -0.2) is 33.4 Å². The van der Waals surface area contributed by atoms with Gasteiger partial charge in [-0.3, -0.25) is 4.79 Å². The van der Waals surface area contributed by atoms with Gasteiger partial charge in [-0.2, -0.15) is 0 Å². The number of rotatable bonds is 2. The Kier molecular flexibility index (Phi) is 3.61. The highest BCUT2D eigenvalue weighted by molar-refractivity contribution is 5.83. The Morgan fingerprint density at radius 2 is 1.86 bits per heavy atom. The number of carbonyl (C=O) groups is 1. The van der Waals surface area contributed by atoms with Crippen molar-refractivity contribution in [3.05, 3.63) is 30.1 Å². The van der Waals surface area contributed by atoms with Crippen LogP contribution in [0.25, 0.3) is 11.0 Å². The van der Waals surface area contributed by atoms with E-state index in [0.29, 0.717) is 11.0 Å². The first kappa shape index (κ1) is 14.0. The number of carbonyl (C=O) groups excluding carboxylic acids is 1. The van der Waals surface area contributed by atoms with E-state index in [1.807, 2.05) is 4.90 Å². The number of benzene rings is 1. The minimum atomic E-state index is -0.929. The van der Waals surface area contributed by atoms with E-state index < -0.39 is 17.7 Å². The standard InChI is InChI=1S/C15H17F2N3O/c1-10(15(21)19-5-3-2-4-6-19)20-9-18-13-7-11(16)12(17)8-14(13)20/h7-10H,2-6H2,1H3. The fraction of sp³-hybridized carbons (Fsp3) is 0.467. The summed E-state index contributed by atoms with van der Waals surface area (Å²) in [5.74, 6) is -1.86. The van der Waals surface area contributed by atoms with Gasteiger partial charge in [-0.1, -0.05) is 0 Å². The van der Waals surface area contributed by atoms with Gasteiger partial charge in [0, 0.05) is 25.2 Å². The van der Waals surface area contributed by atoms with Crippen molar-refractivity contribution in [3.8, 4) is 0 Å². The van der Waals surface area contributed by atoms with Gasteiger partial charge in [0.05, 0.1) is 17.4 Å². The van der Waals surface area contributed by atoms with Crippen LogP contribution in [0.4, 0.5) is 8.78 Å². The average molecular weight is 293 g/mol. The summed E-state index contributed by atoms with van der Waals surface area (Å²) in [6.45, 7) is 3.29. The molecule has 1 saturated heterocycles. The zero-order valence-electron chi connectivity index (χ0n) is 11.9. The van der Waals surface area contributed by atoms with Crippen LogP contribution in [0.5, 0.6) is 0 Å². The summed E-state index contributed by atoms with van der Waals surface area (Å²) in [5, 5.41) is 0. The Hall–Kier alpha value is -1.98. The third kappa shape index (κ3) is 2.50. The smallest absolute Gasteiger partial charge is 0.245 e. The molecule has 3 rings (SSSR count). The molecule has 1 fully saturated rings. The number of nitrogens with zero attached hydrogens (tertiary/aromatic N) is 3. The van der Waals surface area contributed by atoms with Crippen LogP contribution >= 0.6 is 0 Å². The molecular weight excluding hydrogens is 276 g/mol. The minimum Gasteiger partial charge on any atom is -0.341 e. The highest BCUT2D eigenvalue weighted by atomic mass is 19.2. The molecule has 1 unspecified atom stereocenters. The first-order chi connectivity index (χ1) is 10.1. The van der Waals surface area contributed by atoms with Gasteiger partial charge in [0.1, 0.15) is 6.04 Å². The van der Waals surface area contributed by atoms with Crippen molar-refractivity contribution in [3.63, 3.8) is 0 Å². The van der Waals surface area contributed by atoms with Crippen molar-refractivity contribution in [2.24, 2.45) is 0 Å². The van der Waals surface area contributed by atoms with Crippen LogP contribution in [0.3, 0.4) is 0 Å². The second kappa shape index (κ2) is 5.42. The van der Waals surface area contributed by atoms with E-state index in [2.05, 4.69) is 4.98 Å². The SMILES string of the molecule is CC(C(=O)N1CCCCC1)n1cnc2cc(F)c(F)cc21. The van der Waals surface area contributed by atoms with E-state index in [1.165, 1.54) is 6.33 Å². The number of aromatic nitrogens is 2. The highest BCUT2D eigenvalue weighted by Gasteiger charge is 2.24. The van der Waals surface area contributed by atoms with Gasteiger partial charge in [0.15, 0.2) is 11.6 Å². The lowest BCUT2D eigenvalue weighted by Crippen LogP contribution is -2.39. The number of amides is 1. The Bertz CT molecular complexity index is 677. The molecule has 1 aliphatic heterocycles. The monoisotopic (exact) mass is 293 g/mol. The molecule has 4 nitrogen and oxygen atoms in total. The lowest BCUT2D eigenvalue weighted by Gasteiger charge is -2.29. The van der Waals surface area contributed by atoms with Crippen molar-refractivity contribution in [1.82, 2.24) is 14.5 Å². The van der Waals surface area contributed by atoms with Gasteiger partial charge >= 0.3 is 0 Å². The topological polar surface area (TPSA) is 38.1 Å². The molecule has 1 aromatic carbocycles. The van der Waals surface area contributed by atoms with E-state index in [9.17, 15) is 13.6 Å². The van der Waals surface area contributed by atoms with Gasteiger partial charge in [0.25, 0.3) is 0 Å². The molecule has 112 valence electrons. The molecule has 1 aromatic heterocycles. The Morgan fingerprint density at radius 3 is 2.57 bits per heavy atom. The number of imidazole rings is 1. The summed E-state index contributed by atoms with van der Waals surface area (Å²) in [6.07, 6.45) is 4.65. The van der Waals surface area contributed by atoms with Gasteiger partial charge < -0.3 is 9.47 Å². The third-order valence-corrected chi connectivity index (χ3v) is 4.06. The van der Waals surface area contributed by atoms with Crippen LogP contribution in [0.1, 0.15) is 32.2 Å². The number of hydrogen-bond donors (Lipinski definition) is 0. The largest absolute Gasteiger partial charge is 0.341 e. The molecule has 1 atom stereocenters. The molecule has 0 bridgehead atoms. The maximum Gasteiger partial charge on any atom is 0.245 e. The second-order valence-corrected chi connectivity index (χ2v) is 5.47. The van der Waals surface area contributed by atoms with E-state index in [1.54, 1.807) is 11.5 Å². The summed E-state index contributed by atoms with van der Waals surface area (Å²) in [4.78, 5) is 18.4. The fourth-order valence-corrected chi connectivity index (χ4v) is 2.83. The van der Waals surface area contributed by atoms with E-state index in [-0.39, 0.29) is 5.91 Å². The number of likely N-dealkylation sites (tertiary alicyclic amines) is 1. The fourth-order valence-electron chi connectivity index (χ4n) is 2.83. The molecule has 0 saturated carbocycles. The molecular formula is C15H17F2N3O. The Labute approximate surface area is 121 Å². The number of hydrogen-bond acceptors (Lipinski definition) is 2. The predicted octanol–water partition coefficient (Wildman–Crippen LogP) is 2.89. The Morgan fingerprint density at radius 1 is 1.19 bits per heavy atom. The highest BCUT2D eigenvalue weighted by Crippen LogP contribution is 2.23. The van der Waals surface area contributed by atoms with Crippen molar-refractivity contribution < 1.29 is 13.6 Å². The van der Waals surface area contributed by atoms with Gasteiger partial charge in [-0.25, -0.2) is 13.8 Å². The molecule has 21 heavy (non-hydrogen) atoms. The number of fused-ring (bicyclic) bond motifs is 1. The number of halogens is 2. The minimum absolute atomic E-state index is 0.00117. The van der Waals surface area contributed by atoms with E-state index in [4.69, 9.17) is 0 Å². The van der Waals surface area contributed by atoms with Crippen molar-refractivity contribution in [1.29, 1.82) is 0 Å². The van der Waals surface area contributed by atoms with Crippen LogP contribution in [0.15, 0.2) is 18.5 Å². The summed E-state index contributed by atoms with van der Waals surface area (Å²) in [7, 11) is 0. The van der Waals surface area contributed by atoms with Crippen LogP contribution < -0.4 is 0 Å². The quantitative estimate of drug-likeness (QED) is 0.854. The summed E-state index contributed by atoms with van der Waals surface area (Å²) in [5.41, 5.74) is 0.791. The maximum absolute atomic E-state index is 13.4. The van der Waals surface area contributed by atoms with Gasteiger partial charge in [-0.15, -0.1) is 0 Å². The summed E-state index contributed by atoms with van der Waals surface area (Å²) < 4.78 is 28.2. The van der Waals surface area contributed by atoms with Crippen molar-refractivity contribution in [2.75, 3.05) is 13.1 Å². The lowest BCUT2D eigenvalue weighted by molar-refractivity contribution is -0.135. The first-order valence-corrected chi connectivity index (χ1v) is 7.18. The van der Waals surface area contributed by atoms with Crippen molar-refractivity contribution in [2.45, 2.75) is 32.2 Å². The maximum atomic E-state index is 13.4. The summed E-state index contributed by atoms with van der Waals surface area (Å²) >= 11 is 0. The zero-order chi connectivity index (χ0) is 15.0. The van der Waals surface area contributed by atoms with E-state index in [0.717, 1.165) is 44.5 Å². The molecule has 0 spiro atoms. The normalized spacial score (nSPS) is 17.2. The van der Waals surface area contributed by atoms with Crippen LogP contribution in [0, 0.1) is 11.6 Å². The molecule has 6 heteroatoms. The first-order valence-electron chi connectivity index (χ1n) is 7.18. The third-order valence-electron chi connectivity index (χ3n) is 4.06. The molecule has 1 aliphatic rings. The number of piperidine rings is 1. The molecule has 0 N–H and O–H groups in total. The molecule has 2 heterocycles. The average Bonchev–Trinajstić information content (AvgIpc) is 2.90. The Balaban J connectivity index is 1.92. The molecule has 2 aromatic rings. The van der Waals surface area contributed by atoms with Crippen molar-refractivity contribution >= 4 is 16.9 Å². The molecule has 0 radical (unpaired) electrons. The zero-order valence-corrected chi connectivity index (χ0v) is 11.9. The summed E-state index contributed by atoms with van der Waals surface area (Å²) in [6, 6.07) is 1.68. The van der Waals surface area contributed by atoms with Gasteiger partial charge in [0.2, 0.25) is 5.91 Å². The van der Waals surface area contributed by atoms with Crippen LogP contribution in [-0.2, 0) is 4.79 Å². The van der Waals surface area contributed by atoms with E-state index >= 15 is 0 Å². The van der Waals surface area contributed by atoms with Gasteiger partial charge in [-0.05, 0) is 26.2 Å². The lowest BCUT2D eigenvalue weighted by atomic mass is 10.1. The molecule has 0 aliphatic carbocycles. The predicted molar refractivity (Wildman–Crippen MR) is 74.8 cm³/mol. The second-order valence-electron chi connectivity index (χ2n) is 5.47. The molecule has 1 amide bonds. The van der Waals surface area contributed by atoms with Crippen LogP contribution in [0.2, 0.25) is 0 Å².